The van der Waals surface area contributed by atoms with Gasteiger partial charge < -0.3 is 34.3 Å². The molecule has 3 aromatic rings. The summed E-state index contributed by atoms with van der Waals surface area (Å²) in [5.74, 6) is 0.336. The third-order valence-corrected chi connectivity index (χ3v) is 9.58. The maximum Gasteiger partial charge on any atom is 0.247 e. The summed E-state index contributed by atoms with van der Waals surface area (Å²) in [5.41, 5.74) is 2.81. The van der Waals surface area contributed by atoms with Crippen LogP contribution in [-0.4, -0.2) is 90.0 Å². The lowest BCUT2D eigenvalue weighted by Crippen LogP contribution is -2.45. The summed E-state index contributed by atoms with van der Waals surface area (Å²) in [6.45, 7) is 3.22. The Balaban J connectivity index is 0.940. The summed E-state index contributed by atoms with van der Waals surface area (Å²) in [5, 5.41) is 5.92. The van der Waals surface area contributed by atoms with E-state index < -0.39 is 12.1 Å². The molecule has 12 nitrogen and oxygen atoms in total. The van der Waals surface area contributed by atoms with Crippen LogP contribution < -0.4 is 10.6 Å². The molecule has 4 amide bonds. The van der Waals surface area contributed by atoms with Gasteiger partial charge in [0.05, 0.1) is 31.2 Å². The maximum atomic E-state index is 13.1. The number of carbonyl (C=O) groups is 4. The molecule has 4 aliphatic heterocycles. The van der Waals surface area contributed by atoms with Crippen LogP contribution in [0.4, 0.5) is 11.4 Å². The van der Waals surface area contributed by atoms with Gasteiger partial charge in [-0.05, 0) is 87.1 Å². The van der Waals surface area contributed by atoms with Crippen molar-refractivity contribution in [1.82, 2.24) is 14.8 Å². The molecule has 0 saturated carbocycles. The van der Waals surface area contributed by atoms with Crippen LogP contribution in [0.1, 0.15) is 38.5 Å². The zero-order valence-corrected chi connectivity index (χ0v) is 26.2. The normalized spacial score (nSPS) is 24.1. The largest absolute Gasteiger partial charge is 0.436 e. The lowest BCUT2D eigenvalue weighted by Gasteiger charge is -2.26. The molecule has 12 heteroatoms. The summed E-state index contributed by atoms with van der Waals surface area (Å²) >= 11 is 0. The summed E-state index contributed by atoms with van der Waals surface area (Å²) in [7, 11) is 0. The van der Waals surface area contributed by atoms with Crippen LogP contribution in [0.2, 0.25) is 0 Å². The Labute approximate surface area is 272 Å². The number of likely N-dealkylation sites (tertiary alicyclic amines) is 2. The minimum Gasteiger partial charge on any atom is -0.436 e. The first kappa shape index (κ1) is 31.1. The quantitative estimate of drug-likeness (QED) is 0.377. The van der Waals surface area contributed by atoms with Gasteiger partial charge in [0.2, 0.25) is 29.5 Å². The van der Waals surface area contributed by atoms with Crippen molar-refractivity contribution in [2.75, 3.05) is 50.2 Å². The molecule has 4 aliphatic rings. The monoisotopic (exact) mass is 641 g/mol. The summed E-state index contributed by atoms with van der Waals surface area (Å²) < 4.78 is 16.8. The Kier molecular flexibility index (Phi) is 9.03. The van der Waals surface area contributed by atoms with Crippen LogP contribution in [0.5, 0.6) is 0 Å². The number of rotatable bonds is 8. The Morgan fingerprint density at radius 3 is 1.62 bits per heavy atom. The van der Waals surface area contributed by atoms with Crippen molar-refractivity contribution in [3.05, 3.63) is 54.7 Å². The van der Waals surface area contributed by atoms with E-state index in [9.17, 15) is 19.2 Å². The van der Waals surface area contributed by atoms with E-state index >= 15 is 0 Å². The Morgan fingerprint density at radius 1 is 0.660 bits per heavy atom. The minimum absolute atomic E-state index is 0.00807. The van der Waals surface area contributed by atoms with Gasteiger partial charge in [0.1, 0.15) is 12.1 Å². The molecule has 7 rings (SSSR count). The number of nitrogens with one attached hydrogen (secondary N) is 2. The predicted molar refractivity (Wildman–Crippen MR) is 172 cm³/mol. The molecular formula is C35H39N5O7. The first-order valence-corrected chi connectivity index (χ1v) is 16.5. The van der Waals surface area contributed by atoms with Crippen LogP contribution in [-0.2, 0) is 28.7 Å². The van der Waals surface area contributed by atoms with Crippen molar-refractivity contribution in [3.8, 4) is 22.8 Å². The van der Waals surface area contributed by atoms with Crippen molar-refractivity contribution in [2.24, 2.45) is 11.8 Å². The number of carbonyl (C=O) groups excluding carboxylic acids is 4. The van der Waals surface area contributed by atoms with Gasteiger partial charge in [0.25, 0.3) is 0 Å². The fraction of sp³-hybridized carbons (Fsp3) is 0.457. The Bertz CT molecular complexity index is 1490. The van der Waals surface area contributed by atoms with E-state index in [2.05, 4.69) is 15.6 Å². The number of nitrogens with zero attached hydrogens (tertiary/aromatic N) is 3. The molecule has 47 heavy (non-hydrogen) atoms. The lowest BCUT2D eigenvalue weighted by molar-refractivity contribution is -0.140. The molecule has 2 unspecified atom stereocenters. The zero-order valence-electron chi connectivity index (χ0n) is 26.2. The van der Waals surface area contributed by atoms with Crippen molar-refractivity contribution < 1.29 is 33.1 Å². The highest BCUT2D eigenvalue weighted by Crippen LogP contribution is 2.30. The number of oxazole rings is 1. The third-order valence-electron chi connectivity index (χ3n) is 9.58. The number of ether oxygens (including phenoxy) is 2. The van der Waals surface area contributed by atoms with Crippen LogP contribution >= 0.6 is 0 Å². The summed E-state index contributed by atoms with van der Waals surface area (Å²) in [6.07, 6.45) is 5.96. The van der Waals surface area contributed by atoms with Crippen molar-refractivity contribution >= 4 is 35.0 Å². The molecule has 1 aromatic heterocycles. The lowest BCUT2D eigenvalue weighted by atomic mass is 10.1. The second-order valence-corrected chi connectivity index (χ2v) is 12.7. The smallest absolute Gasteiger partial charge is 0.247 e. The van der Waals surface area contributed by atoms with E-state index in [-0.39, 0.29) is 35.5 Å². The van der Waals surface area contributed by atoms with Crippen LogP contribution in [0.25, 0.3) is 22.8 Å². The van der Waals surface area contributed by atoms with E-state index in [0.29, 0.717) is 88.2 Å². The number of hydrogen-bond acceptors (Lipinski definition) is 8. The van der Waals surface area contributed by atoms with E-state index in [0.717, 1.165) is 24.0 Å². The maximum absolute atomic E-state index is 13.1. The van der Waals surface area contributed by atoms with E-state index in [4.69, 9.17) is 13.9 Å². The average Bonchev–Trinajstić information content (AvgIpc) is 3.93. The predicted octanol–water partition coefficient (Wildman–Crippen LogP) is 3.94. The molecule has 0 spiro atoms. The average molecular weight is 642 g/mol. The molecular weight excluding hydrogens is 602 g/mol. The van der Waals surface area contributed by atoms with Gasteiger partial charge in [-0.25, -0.2) is 4.98 Å². The molecule has 0 bridgehead atoms. The molecule has 0 aliphatic carbocycles. The van der Waals surface area contributed by atoms with Crippen molar-refractivity contribution in [2.45, 2.75) is 50.6 Å². The molecule has 4 saturated heterocycles. The second kappa shape index (κ2) is 13.7. The van der Waals surface area contributed by atoms with Gasteiger partial charge in [-0.15, -0.1) is 0 Å². The Hall–Kier alpha value is -4.55. The topological polar surface area (TPSA) is 143 Å². The van der Waals surface area contributed by atoms with Crippen LogP contribution in [0.15, 0.2) is 59.1 Å². The molecule has 246 valence electrons. The number of benzene rings is 2. The molecule has 5 heterocycles. The molecule has 2 N–H and O–H groups in total. The van der Waals surface area contributed by atoms with E-state index in [1.165, 1.54) is 0 Å². The van der Waals surface area contributed by atoms with E-state index in [1.807, 2.05) is 24.3 Å². The van der Waals surface area contributed by atoms with Gasteiger partial charge in [-0.3, -0.25) is 19.2 Å². The fourth-order valence-electron chi connectivity index (χ4n) is 6.94. The summed E-state index contributed by atoms with van der Waals surface area (Å²) in [4.78, 5) is 59.9. The number of anilines is 2. The van der Waals surface area contributed by atoms with Gasteiger partial charge >= 0.3 is 0 Å². The van der Waals surface area contributed by atoms with Gasteiger partial charge in [-0.1, -0.05) is 0 Å². The van der Waals surface area contributed by atoms with Gasteiger partial charge in [-0.2, -0.15) is 0 Å². The molecule has 4 atom stereocenters. The number of hydrogen-bond donors (Lipinski definition) is 2. The number of amides is 4. The highest BCUT2D eigenvalue weighted by molar-refractivity contribution is 5.99. The molecule has 4 fully saturated rings. The Morgan fingerprint density at radius 2 is 1.15 bits per heavy atom. The highest BCUT2D eigenvalue weighted by Gasteiger charge is 2.39. The summed E-state index contributed by atoms with van der Waals surface area (Å²) in [6, 6.07) is 13.6. The SMILES string of the molecule is O=C(Nc1ccc(-c2cnc(-c3ccc(NC(=O)[C@@H]4CCCN4C(=O)C4CCOC4)cc3)o2)cc1)[C@@H]1CCCN1C(=O)C1CCOC1. The van der Waals surface area contributed by atoms with Gasteiger partial charge in [0.15, 0.2) is 5.76 Å². The van der Waals surface area contributed by atoms with Crippen molar-refractivity contribution in [3.63, 3.8) is 0 Å². The fourth-order valence-corrected chi connectivity index (χ4v) is 6.94. The minimum atomic E-state index is -0.476. The first-order valence-electron chi connectivity index (χ1n) is 16.5. The number of aromatic nitrogens is 1. The molecule has 2 aromatic carbocycles. The first-order chi connectivity index (χ1) is 22.9. The second-order valence-electron chi connectivity index (χ2n) is 12.7. The standard InChI is InChI=1S/C35H39N5O7/c41-31(28-3-1-15-39(28)34(43)24-13-17-45-20-24)37-26-9-5-22(6-10-26)30-19-36-33(47-30)23-7-11-27(12-8-23)38-32(42)29-4-2-16-40(29)35(44)25-14-18-46-21-25/h5-12,19,24-25,28-29H,1-4,13-18,20-21H2,(H,37,41)(H,38,42)/t24?,25?,28-,29-/m0/s1. The third kappa shape index (κ3) is 6.66. The highest BCUT2D eigenvalue weighted by atomic mass is 16.5. The van der Waals surface area contributed by atoms with E-state index in [1.54, 1.807) is 40.3 Å². The van der Waals surface area contributed by atoms with Crippen LogP contribution in [0, 0.1) is 11.8 Å². The zero-order chi connectivity index (χ0) is 32.3. The van der Waals surface area contributed by atoms with Gasteiger partial charge in [0, 0.05) is 48.8 Å². The van der Waals surface area contributed by atoms with Crippen LogP contribution in [0.3, 0.4) is 0 Å². The van der Waals surface area contributed by atoms with Crippen molar-refractivity contribution in [1.29, 1.82) is 0 Å². The molecule has 0 radical (unpaired) electrons.